The van der Waals surface area contributed by atoms with Gasteiger partial charge in [-0.15, -0.1) is 5.73 Å². The van der Waals surface area contributed by atoms with Gasteiger partial charge in [-0.05, 0) is 25.8 Å². The maximum atomic E-state index is 11.1. The van der Waals surface area contributed by atoms with Crippen LogP contribution in [0.25, 0.3) is 0 Å². The molecule has 0 aromatic carbocycles. The van der Waals surface area contributed by atoms with E-state index < -0.39 is 0 Å². The SMILES string of the molecule is CCC=C=C(CC)C(=O)OCC. The largest absolute Gasteiger partial charge is 0.462 e. The molecule has 0 aromatic heterocycles. The van der Waals surface area contributed by atoms with E-state index in [1.54, 1.807) is 6.92 Å². The molecule has 0 atom stereocenters. The molecular weight excluding hydrogens is 152 g/mol. The van der Waals surface area contributed by atoms with E-state index in [4.69, 9.17) is 4.74 Å². The van der Waals surface area contributed by atoms with Crippen LogP contribution in [-0.4, -0.2) is 12.6 Å². The fraction of sp³-hybridized carbons (Fsp3) is 0.600. The van der Waals surface area contributed by atoms with Crippen LogP contribution in [0.15, 0.2) is 17.4 Å². The number of ether oxygens (including phenoxy) is 1. The predicted molar refractivity (Wildman–Crippen MR) is 48.8 cm³/mol. The van der Waals surface area contributed by atoms with Gasteiger partial charge < -0.3 is 4.74 Å². The van der Waals surface area contributed by atoms with Crippen LogP contribution >= 0.6 is 0 Å². The highest BCUT2D eigenvalue weighted by molar-refractivity contribution is 5.88. The zero-order chi connectivity index (χ0) is 9.40. The van der Waals surface area contributed by atoms with Gasteiger partial charge >= 0.3 is 5.97 Å². The maximum absolute atomic E-state index is 11.1. The quantitative estimate of drug-likeness (QED) is 0.366. The molecule has 0 aliphatic carbocycles. The summed E-state index contributed by atoms with van der Waals surface area (Å²) >= 11 is 0. The summed E-state index contributed by atoms with van der Waals surface area (Å²) < 4.78 is 4.83. The first-order chi connectivity index (χ1) is 5.76. The summed E-state index contributed by atoms with van der Waals surface area (Å²) in [4.78, 5) is 11.1. The predicted octanol–water partition coefficient (Wildman–Crippen LogP) is 2.45. The molecule has 0 fully saturated rings. The molecule has 0 saturated heterocycles. The lowest BCUT2D eigenvalue weighted by atomic mass is 10.2. The van der Waals surface area contributed by atoms with E-state index in [2.05, 4.69) is 5.73 Å². The summed E-state index contributed by atoms with van der Waals surface area (Å²) in [6.45, 7) is 6.15. The Hall–Kier alpha value is -1.01. The molecule has 0 N–H and O–H groups in total. The molecule has 0 bridgehead atoms. The van der Waals surface area contributed by atoms with Crippen LogP contribution in [0.5, 0.6) is 0 Å². The van der Waals surface area contributed by atoms with Gasteiger partial charge in [0.2, 0.25) is 0 Å². The molecule has 2 nitrogen and oxygen atoms in total. The van der Waals surface area contributed by atoms with E-state index in [0.29, 0.717) is 18.6 Å². The Morgan fingerprint density at radius 1 is 1.42 bits per heavy atom. The van der Waals surface area contributed by atoms with Crippen LogP contribution < -0.4 is 0 Å². The molecular formula is C10H16O2. The van der Waals surface area contributed by atoms with E-state index in [0.717, 1.165) is 6.42 Å². The minimum atomic E-state index is -0.246. The van der Waals surface area contributed by atoms with Crippen LogP contribution in [0.2, 0.25) is 0 Å². The Labute approximate surface area is 73.9 Å². The summed E-state index contributed by atoms with van der Waals surface area (Å²) in [6.07, 6.45) is 3.41. The van der Waals surface area contributed by atoms with Crippen molar-refractivity contribution in [2.24, 2.45) is 0 Å². The van der Waals surface area contributed by atoms with E-state index in [9.17, 15) is 4.79 Å². The zero-order valence-electron chi connectivity index (χ0n) is 8.02. The van der Waals surface area contributed by atoms with Gasteiger partial charge in [0.1, 0.15) is 0 Å². The van der Waals surface area contributed by atoms with Gasteiger partial charge in [-0.1, -0.05) is 13.8 Å². The molecule has 0 saturated carbocycles. The molecule has 0 aliphatic rings. The topological polar surface area (TPSA) is 26.3 Å². The molecule has 12 heavy (non-hydrogen) atoms. The molecule has 0 radical (unpaired) electrons. The van der Waals surface area contributed by atoms with Crippen molar-refractivity contribution in [3.05, 3.63) is 17.4 Å². The Morgan fingerprint density at radius 2 is 2.08 bits per heavy atom. The first kappa shape index (κ1) is 11.0. The van der Waals surface area contributed by atoms with Gasteiger partial charge in [0.25, 0.3) is 0 Å². The molecule has 0 aromatic rings. The molecule has 0 aliphatic heterocycles. The summed E-state index contributed by atoms with van der Waals surface area (Å²) in [5.41, 5.74) is 3.54. The van der Waals surface area contributed by atoms with Crippen molar-refractivity contribution in [2.75, 3.05) is 6.61 Å². The minimum Gasteiger partial charge on any atom is -0.462 e. The van der Waals surface area contributed by atoms with Gasteiger partial charge in [-0.3, -0.25) is 0 Å². The number of hydrogen-bond donors (Lipinski definition) is 0. The lowest BCUT2D eigenvalue weighted by Crippen LogP contribution is -2.05. The second kappa shape index (κ2) is 6.68. The number of carbonyl (C=O) groups excluding carboxylic acids is 1. The second-order valence-corrected chi connectivity index (χ2v) is 2.31. The number of rotatable bonds is 4. The fourth-order valence-electron chi connectivity index (χ4n) is 0.749. The smallest absolute Gasteiger partial charge is 0.341 e. The number of carbonyl (C=O) groups is 1. The van der Waals surface area contributed by atoms with Crippen molar-refractivity contribution in [3.8, 4) is 0 Å². The minimum absolute atomic E-state index is 0.246. The fourth-order valence-corrected chi connectivity index (χ4v) is 0.749. The first-order valence-corrected chi connectivity index (χ1v) is 4.37. The van der Waals surface area contributed by atoms with E-state index in [1.807, 2.05) is 19.9 Å². The van der Waals surface area contributed by atoms with Crippen molar-refractivity contribution >= 4 is 5.97 Å². The van der Waals surface area contributed by atoms with Crippen LogP contribution in [0.4, 0.5) is 0 Å². The lowest BCUT2D eigenvalue weighted by Gasteiger charge is -2.00. The number of hydrogen-bond acceptors (Lipinski definition) is 2. The Bertz CT molecular complexity index is 198. The normalized spacial score (nSPS) is 8.58. The third-order valence-corrected chi connectivity index (χ3v) is 1.36. The lowest BCUT2D eigenvalue weighted by molar-refractivity contribution is -0.138. The van der Waals surface area contributed by atoms with Gasteiger partial charge in [0, 0.05) is 0 Å². The van der Waals surface area contributed by atoms with Crippen molar-refractivity contribution in [3.63, 3.8) is 0 Å². The molecule has 0 amide bonds. The van der Waals surface area contributed by atoms with Crippen LogP contribution in [0, 0.1) is 0 Å². The molecule has 0 rings (SSSR count). The van der Waals surface area contributed by atoms with Crippen LogP contribution in [0.1, 0.15) is 33.6 Å². The van der Waals surface area contributed by atoms with Gasteiger partial charge in [0.15, 0.2) is 0 Å². The summed E-state index contributed by atoms with van der Waals surface area (Å²) in [6, 6.07) is 0. The third-order valence-electron chi connectivity index (χ3n) is 1.36. The number of esters is 1. The summed E-state index contributed by atoms with van der Waals surface area (Å²) in [5.74, 6) is -0.246. The summed E-state index contributed by atoms with van der Waals surface area (Å²) in [7, 11) is 0. The van der Waals surface area contributed by atoms with Crippen LogP contribution in [-0.2, 0) is 9.53 Å². The highest BCUT2D eigenvalue weighted by Crippen LogP contribution is 2.01. The first-order valence-electron chi connectivity index (χ1n) is 4.37. The zero-order valence-corrected chi connectivity index (χ0v) is 8.02. The Morgan fingerprint density at radius 3 is 2.50 bits per heavy atom. The highest BCUT2D eigenvalue weighted by Gasteiger charge is 2.05. The van der Waals surface area contributed by atoms with Gasteiger partial charge in [-0.25, -0.2) is 4.79 Å². The van der Waals surface area contributed by atoms with Gasteiger partial charge in [0.05, 0.1) is 12.2 Å². The average Bonchev–Trinajstić information content (AvgIpc) is 2.06. The van der Waals surface area contributed by atoms with Crippen molar-refractivity contribution in [1.29, 1.82) is 0 Å². The highest BCUT2D eigenvalue weighted by atomic mass is 16.5. The third kappa shape index (κ3) is 3.99. The van der Waals surface area contributed by atoms with Crippen molar-refractivity contribution in [1.82, 2.24) is 0 Å². The van der Waals surface area contributed by atoms with Crippen molar-refractivity contribution in [2.45, 2.75) is 33.6 Å². The maximum Gasteiger partial charge on any atom is 0.341 e. The van der Waals surface area contributed by atoms with Gasteiger partial charge in [-0.2, -0.15) is 0 Å². The summed E-state index contributed by atoms with van der Waals surface area (Å²) in [5, 5.41) is 0. The Kier molecular flexibility index (Phi) is 6.12. The standard InChI is InChI=1S/C10H16O2/c1-4-7-8-9(5-2)10(11)12-6-3/h7H,4-6H2,1-3H3. The molecule has 0 heterocycles. The molecule has 68 valence electrons. The molecule has 0 spiro atoms. The average molecular weight is 168 g/mol. The molecule has 2 heteroatoms. The van der Waals surface area contributed by atoms with E-state index in [-0.39, 0.29) is 5.97 Å². The van der Waals surface area contributed by atoms with Crippen LogP contribution in [0.3, 0.4) is 0 Å². The van der Waals surface area contributed by atoms with E-state index in [1.165, 1.54) is 0 Å². The molecule has 0 unspecified atom stereocenters. The Balaban J connectivity index is 4.34. The van der Waals surface area contributed by atoms with Crippen molar-refractivity contribution < 1.29 is 9.53 Å². The van der Waals surface area contributed by atoms with E-state index >= 15 is 0 Å². The monoisotopic (exact) mass is 168 g/mol. The second-order valence-electron chi connectivity index (χ2n) is 2.31.